The normalized spacial score (nSPS) is 9.77. The van der Waals surface area contributed by atoms with Crippen LogP contribution in [0.1, 0.15) is 10.4 Å². The summed E-state index contributed by atoms with van der Waals surface area (Å²) in [5.74, 6) is 0.252. The average Bonchev–Trinajstić information content (AvgIpc) is 2.04. The van der Waals surface area contributed by atoms with Gasteiger partial charge in [-0.2, -0.15) is 0 Å². The molecule has 0 saturated heterocycles. The van der Waals surface area contributed by atoms with Crippen LogP contribution in [-0.4, -0.2) is 13.0 Å². The molecule has 0 aromatic heterocycles. The van der Waals surface area contributed by atoms with Gasteiger partial charge in [-0.05, 0) is 57.3 Å². The van der Waals surface area contributed by atoms with Crippen molar-refractivity contribution >= 4 is 51.1 Å². The molecular weight excluding hydrogens is 396 g/mol. The number of carbonyl (C=O) groups excluding carboxylic acids is 1. The maximum atomic E-state index is 11.1. The smallest absolute Gasteiger partial charge is 0.250 e. The van der Waals surface area contributed by atoms with E-state index in [-0.39, 0.29) is 0 Å². The van der Waals surface area contributed by atoms with Crippen LogP contribution in [0.15, 0.2) is 12.1 Å². The Morgan fingerprint density at radius 1 is 1.46 bits per heavy atom. The molecule has 0 atom stereocenters. The highest BCUT2D eigenvalue weighted by atomic mass is 127. The third-order valence-corrected chi connectivity index (χ3v) is 3.49. The van der Waals surface area contributed by atoms with Crippen molar-refractivity contribution in [3.8, 4) is 5.75 Å². The van der Waals surface area contributed by atoms with Gasteiger partial charge in [-0.25, -0.2) is 0 Å². The van der Waals surface area contributed by atoms with Gasteiger partial charge < -0.3 is 10.5 Å². The fourth-order valence-corrected chi connectivity index (χ4v) is 3.10. The Morgan fingerprint density at radius 2 is 2.08 bits per heavy atom. The second kappa shape index (κ2) is 4.45. The SMILES string of the molecule is COc1ccc(I)c(C(N)=O)c1I. The molecule has 0 aliphatic carbocycles. The summed E-state index contributed by atoms with van der Waals surface area (Å²) in [5.41, 5.74) is 5.76. The Morgan fingerprint density at radius 3 is 2.54 bits per heavy atom. The van der Waals surface area contributed by atoms with Gasteiger partial charge in [0, 0.05) is 3.57 Å². The molecule has 0 fully saturated rings. The standard InChI is InChI=1S/C8H7I2NO2/c1-13-5-3-2-4(9)6(7(5)10)8(11)12/h2-3H,1H3,(H2,11,12). The van der Waals surface area contributed by atoms with Crippen LogP contribution in [0, 0.1) is 7.14 Å². The van der Waals surface area contributed by atoms with Crippen molar-refractivity contribution in [2.45, 2.75) is 0 Å². The summed E-state index contributed by atoms with van der Waals surface area (Å²) in [6.07, 6.45) is 0. The van der Waals surface area contributed by atoms with E-state index in [9.17, 15) is 4.79 Å². The van der Waals surface area contributed by atoms with E-state index in [1.165, 1.54) is 0 Å². The van der Waals surface area contributed by atoms with Crippen molar-refractivity contribution < 1.29 is 9.53 Å². The highest BCUT2D eigenvalue weighted by Gasteiger charge is 2.14. The number of amides is 1. The van der Waals surface area contributed by atoms with E-state index < -0.39 is 5.91 Å². The average molecular weight is 403 g/mol. The third kappa shape index (κ3) is 2.25. The highest BCUT2D eigenvalue weighted by Crippen LogP contribution is 2.27. The van der Waals surface area contributed by atoms with Gasteiger partial charge in [0.2, 0.25) is 0 Å². The van der Waals surface area contributed by atoms with E-state index >= 15 is 0 Å². The van der Waals surface area contributed by atoms with Gasteiger partial charge in [0.15, 0.2) is 0 Å². The number of nitrogens with two attached hydrogens (primary N) is 1. The molecule has 0 heterocycles. The fraction of sp³-hybridized carbons (Fsp3) is 0.125. The highest BCUT2D eigenvalue weighted by molar-refractivity contribution is 14.1. The fourth-order valence-electron chi connectivity index (χ4n) is 0.917. The van der Waals surface area contributed by atoms with Crippen LogP contribution in [0.25, 0.3) is 0 Å². The molecule has 1 aromatic rings. The van der Waals surface area contributed by atoms with Crippen LogP contribution in [0.5, 0.6) is 5.75 Å². The quantitative estimate of drug-likeness (QED) is 0.769. The lowest BCUT2D eigenvalue weighted by Gasteiger charge is -2.07. The number of hydrogen-bond acceptors (Lipinski definition) is 2. The van der Waals surface area contributed by atoms with Crippen molar-refractivity contribution in [1.29, 1.82) is 0 Å². The predicted molar refractivity (Wildman–Crippen MR) is 66.9 cm³/mol. The molecule has 5 heteroatoms. The van der Waals surface area contributed by atoms with Crippen LogP contribution >= 0.6 is 45.2 Å². The van der Waals surface area contributed by atoms with Crippen molar-refractivity contribution in [3.63, 3.8) is 0 Å². The number of ether oxygens (including phenoxy) is 1. The molecule has 0 unspecified atom stereocenters. The molecule has 3 nitrogen and oxygen atoms in total. The Balaban J connectivity index is 3.38. The van der Waals surface area contributed by atoms with Gasteiger partial charge in [-0.15, -0.1) is 0 Å². The molecule has 1 rings (SSSR count). The largest absolute Gasteiger partial charge is 0.496 e. The third-order valence-electron chi connectivity index (χ3n) is 1.52. The van der Waals surface area contributed by atoms with Crippen LogP contribution in [0.2, 0.25) is 0 Å². The summed E-state index contributed by atoms with van der Waals surface area (Å²) in [7, 11) is 1.56. The van der Waals surface area contributed by atoms with Crippen LogP contribution in [0.4, 0.5) is 0 Å². The molecule has 0 aliphatic rings. The van der Waals surface area contributed by atoms with E-state index in [4.69, 9.17) is 10.5 Å². The number of hydrogen-bond donors (Lipinski definition) is 1. The van der Waals surface area contributed by atoms with Gasteiger partial charge in [0.1, 0.15) is 5.75 Å². The van der Waals surface area contributed by atoms with Crippen LogP contribution < -0.4 is 10.5 Å². The van der Waals surface area contributed by atoms with Gasteiger partial charge in [0.25, 0.3) is 5.91 Å². The Bertz CT molecular complexity index is 352. The number of rotatable bonds is 2. The molecule has 1 amide bonds. The lowest BCUT2D eigenvalue weighted by Crippen LogP contribution is -2.15. The minimum Gasteiger partial charge on any atom is -0.496 e. The Hall–Kier alpha value is -0.0500. The van der Waals surface area contributed by atoms with Gasteiger partial charge in [-0.3, -0.25) is 4.79 Å². The molecule has 0 bridgehead atoms. The summed E-state index contributed by atoms with van der Waals surface area (Å²) in [5, 5.41) is 0. The lowest BCUT2D eigenvalue weighted by atomic mass is 10.2. The molecule has 0 aliphatic heterocycles. The zero-order valence-electron chi connectivity index (χ0n) is 6.80. The molecule has 13 heavy (non-hydrogen) atoms. The van der Waals surface area contributed by atoms with Crippen LogP contribution in [0.3, 0.4) is 0 Å². The first-order valence-corrected chi connectivity index (χ1v) is 5.55. The molecule has 1 aromatic carbocycles. The van der Waals surface area contributed by atoms with E-state index in [0.29, 0.717) is 11.3 Å². The van der Waals surface area contributed by atoms with Crippen LogP contribution in [-0.2, 0) is 0 Å². The topological polar surface area (TPSA) is 52.3 Å². The molecule has 0 radical (unpaired) electrons. The molecule has 0 spiro atoms. The Labute approximate surface area is 103 Å². The molecular formula is C8H7I2NO2. The second-order valence-electron chi connectivity index (χ2n) is 2.30. The Kier molecular flexibility index (Phi) is 3.77. The summed E-state index contributed by atoms with van der Waals surface area (Å²) >= 11 is 4.12. The number of methoxy groups -OCH3 is 1. The van der Waals surface area contributed by atoms with Crippen molar-refractivity contribution in [2.75, 3.05) is 7.11 Å². The maximum Gasteiger partial charge on any atom is 0.250 e. The van der Waals surface area contributed by atoms with Gasteiger partial charge >= 0.3 is 0 Å². The summed E-state index contributed by atoms with van der Waals surface area (Å²) in [6, 6.07) is 3.62. The monoisotopic (exact) mass is 403 g/mol. The first-order chi connectivity index (χ1) is 6.07. The maximum absolute atomic E-state index is 11.1. The minimum absolute atomic E-state index is 0.423. The predicted octanol–water partition coefficient (Wildman–Crippen LogP) is 2.00. The van der Waals surface area contributed by atoms with E-state index in [0.717, 1.165) is 7.14 Å². The van der Waals surface area contributed by atoms with Crippen molar-refractivity contribution in [2.24, 2.45) is 5.73 Å². The summed E-state index contributed by atoms with van der Waals surface area (Å²) in [6.45, 7) is 0. The molecule has 70 valence electrons. The number of benzene rings is 1. The van der Waals surface area contributed by atoms with E-state index in [1.54, 1.807) is 7.11 Å². The number of primary amides is 1. The number of halogens is 2. The second-order valence-corrected chi connectivity index (χ2v) is 4.54. The first-order valence-electron chi connectivity index (χ1n) is 3.39. The van der Waals surface area contributed by atoms with E-state index in [1.807, 2.05) is 12.1 Å². The van der Waals surface area contributed by atoms with Crippen molar-refractivity contribution in [1.82, 2.24) is 0 Å². The zero-order valence-corrected chi connectivity index (χ0v) is 11.1. The molecule has 2 N–H and O–H groups in total. The van der Waals surface area contributed by atoms with Gasteiger partial charge in [0.05, 0.1) is 16.2 Å². The lowest BCUT2D eigenvalue weighted by molar-refractivity contribution is 0.0998. The first kappa shape index (κ1) is 11.0. The minimum atomic E-state index is -0.423. The number of carbonyl (C=O) groups is 1. The molecule has 0 saturated carbocycles. The zero-order chi connectivity index (χ0) is 10.0. The summed E-state index contributed by atoms with van der Waals surface area (Å²) < 4.78 is 6.68. The van der Waals surface area contributed by atoms with E-state index in [2.05, 4.69) is 45.2 Å². The van der Waals surface area contributed by atoms with Crippen molar-refractivity contribution in [3.05, 3.63) is 24.8 Å². The summed E-state index contributed by atoms with van der Waals surface area (Å²) in [4.78, 5) is 11.1. The van der Waals surface area contributed by atoms with Gasteiger partial charge in [-0.1, -0.05) is 0 Å².